The average molecular weight is 410 g/mol. The number of nitrogens with zero attached hydrogens (tertiary/aromatic N) is 2. The number of methoxy groups -OCH3 is 1. The summed E-state index contributed by atoms with van der Waals surface area (Å²) in [5.41, 5.74) is 2.36. The molecule has 5 nitrogen and oxygen atoms in total. The number of aromatic nitrogens is 1. The van der Waals surface area contributed by atoms with Gasteiger partial charge in [0.1, 0.15) is 17.3 Å². The van der Waals surface area contributed by atoms with Crippen LogP contribution < -0.4 is 4.74 Å². The number of benzene rings is 2. The molecule has 4 rings (SSSR count). The van der Waals surface area contributed by atoms with E-state index in [2.05, 4.69) is 22.0 Å². The highest BCUT2D eigenvalue weighted by Gasteiger charge is 2.23. The predicted molar refractivity (Wildman–Crippen MR) is 113 cm³/mol. The van der Waals surface area contributed by atoms with Crippen LogP contribution in [0.5, 0.6) is 5.75 Å². The van der Waals surface area contributed by atoms with E-state index < -0.39 is 0 Å². The molecule has 6 heteroatoms. The fourth-order valence-corrected chi connectivity index (χ4v) is 3.72. The molecule has 0 spiro atoms. The molecule has 158 valence electrons. The first-order valence-electron chi connectivity index (χ1n) is 10.3. The molecule has 3 aromatic rings. The van der Waals surface area contributed by atoms with Gasteiger partial charge in [-0.3, -0.25) is 4.90 Å². The number of ether oxygens (including phenoxy) is 2. The van der Waals surface area contributed by atoms with Gasteiger partial charge in [0.05, 0.1) is 31.1 Å². The van der Waals surface area contributed by atoms with Crippen LogP contribution in [-0.2, 0) is 17.9 Å². The number of oxazole rings is 1. The maximum atomic E-state index is 14.2. The second-order valence-electron chi connectivity index (χ2n) is 7.64. The van der Waals surface area contributed by atoms with E-state index in [1.165, 1.54) is 11.6 Å². The van der Waals surface area contributed by atoms with Crippen molar-refractivity contribution in [1.82, 2.24) is 9.88 Å². The van der Waals surface area contributed by atoms with Gasteiger partial charge in [0.15, 0.2) is 0 Å². The molecule has 0 saturated carbocycles. The van der Waals surface area contributed by atoms with Gasteiger partial charge in [0.25, 0.3) is 0 Å². The van der Waals surface area contributed by atoms with Gasteiger partial charge < -0.3 is 13.9 Å². The van der Waals surface area contributed by atoms with Crippen molar-refractivity contribution in [2.45, 2.75) is 39.0 Å². The van der Waals surface area contributed by atoms with Gasteiger partial charge in [-0.15, -0.1) is 0 Å². The van der Waals surface area contributed by atoms with Gasteiger partial charge in [0, 0.05) is 19.6 Å². The molecule has 1 saturated heterocycles. The monoisotopic (exact) mass is 410 g/mol. The zero-order valence-corrected chi connectivity index (χ0v) is 17.4. The fourth-order valence-electron chi connectivity index (χ4n) is 3.72. The Morgan fingerprint density at radius 3 is 2.63 bits per heavy atom. The van der Waals surface area contributed by atoms with Crippen molar-refractivity contribution in [3.05, 3.63) is 71.4 Å². The molecule has 0 radical (unpaired) electrons. The highest BCUT2D eigenvalue weighted by molar-refractivity contribution is 5.57. The minimum absolute atomic E-state index is 0.279. The zero-order valence-electron chi connectivity index (χ0n) is 17.4. The molecule has 1 aromatic heterocycles. The van der Waals surface area contributed by atoms with Gasteiger partial charge in [-0.25, -0.2) is 9.37 Å². The van der Waals surface area contributed by atoms with Crippen LogP contribution in [0.2, 0.25) is 0 Å². The van der Waals surface area contributed by atoms with Crippen LogP contribution in [-0.4, -0.2) is 36.2 Å². The first-order valence-corrected chi connectivity index (χ1v) is 10.3. The third-order valence-electron chi connectivity index (χ3n) is 5.53. The van der Waals surface area contributed by atoms with Crippen LogP contribution in [0, 0.1) is 12.7 Å². The first-order chi connectivity index (χ1) is 14.6. The maximum Gasteiger partial charge on any atom is 0.229 e. The van der Waals surface area contributed by atoms with Crippen LogP contribution in [0.25, 0.3) is 11.5 Å². The highest BCUT2D eigenvalue weighted by Crippen LogP contribution is 2.29. The Morgan fingerprint density at radius 2 is 1.90 bits per heavy atom. The molecular weight excluding hydrogens is 383 g/mol. The van der Waals surface area contributed by atoms with Crippen molar-refractivity contribution in [3.8, 4) is 17.2 Å². The summed E-state index contributed by atoms with van der Waals surface area (Å²) in [6, 6.07) is 14.8. The summed E-state index contributed by atoms with van der Waals surface area (Å²) in [6.07, 6.45) is 2.25. The van der Waals surface area contributed by atoms with Crippen molar-refractivity contribution in [2.24, 2.45) is 0 Å². The van der Waals surface area contributed by atoms with Crippen LogP contribution in [0.1, 0.15) is 29.9 Å². The van der Waals surface area contributed by atoms with Crippen LogP contribution in [0.15, 0.2) is 52.9 Å². The van der Waals surface area contributed by atoms with Gasteiger partial charge in [-0.05, 0) is 43.5 Å². The Morgan fingerprint density at radius 1 is 1.13 bits per heavy atom. The summed E-state index contributed by atoms with van der Waals surface area (Å²) >= 11 is 0. The summed E-state index contributed by atoms with van der Waals surface area (Å²) in [5.74, 6) is 1.20. The molecule has 30 heavy (non-hydrogen) atoms. The predicted octanol–water partition coefficient (Wildman–Crippen LogP) is 4.98. The number of piperidine rings is 1. The molecule has 0 atom stereocenters. The minimum Gasteiger partial charge on any atom is -0.497 e. The quantitative estimate of drug-likeness (QED) is 0.550. The van der Waals surface area contributed by atoms with Gasteiger partial charge in [0.2, 0.25) is 5.89 Å². The third kappa shape index (κ3) is 4.89. The highest BCUT2D eigenvalue weighted by atomic mass is 19.1. The van der Waals surface area contributed by atoms with Crippen LogP contribution >= 0.6 is 0 Å². The lowest BCUT2D eigenvalue weighted by Crippen LogP contribution is -2.36. The molecular formula is C24H27FN2O3. The van der Waals surface area contributed by atoms with E-state index in [4.69, 9.17) is 13.9 Å². The number of rotatable bonds is 7. The zero-order chi connectivity index (χ0) is 20.9. The fraction of sp³-hybridized carbons (Fsp3) is 0.375. The summed E-state index contributed by atoms with van der Waals surface area (Å²) in [6.45, 7) is 5.10. The standard InChI is InChI=1S/C24H27FN2O3/c1-17-23(26-24(30-17)21-14-20(28-2)8-9-22(21)25)15-27-12-10-19(11-13-27)29-16-18-6-4-3-5-7-18/h3-9,14,19H,10-13,15-16H2,1-2H3. The first kappa shape index (κ1) is 20.6. The summed E-state index contributed by atoms with van der Waals surface area (Å²) in [7, 11) is 1.55. The molecule has 0 unspecified atom stereocenters. The Kier molecular flexibility index (Phi) is 6.45. The number of likely N-dealkylation sites (tertiary alicyclic amines) is 1. The lowest BCUT2D eigenvalue weighted by molar-refractivity contribution is -0.00418. The van der Waals surface area contributed by atoms with E-state index in [0.717, 1.165) is 37.4 Å². The second kappa shape index (κ2) is 9.41. The van der Waals surface area contributed by atoms with Crippen molar-refractivity contribution < 1.29 is 18.3 Å². The molecule has 0 bridgehead atoms. The molecule has 0 N–H and O–H groups in total. The average Bonchev–Trinajstić information content (AvgIpc) is 3.14. The molecule has 2 heterocycles. The van der Waals surface area contributed by atoms with Crippen LogP contribution in [0.4, 0.5) is 4.39 Å². The molecule has 2 aromatic carbocycles. The van der Waals surface area contributed by atoms with E-state index in [-0.39, 0.29) is 11.9 Å². The number of hydrogen-bond acceptors (Lipinski definition) is 5. The molecule has 0 aliphatic carbocycles. The normalized spacial score (nSPS) is 15.4. The van der Waals surface area contributed by atoms with Gasteiger partial charge >= 0.3 is 0 Å². The van der Waals surface area contributed by atoms with E-state index in [9.17, 15) is 4.39 Å². The molecule has 1 aliphatic heterocycles. The number of halogens is 1. The van der Waals surface area contributed by atoms with E-state index in [1.54, 1.807) is 19.2 Å². The van der Waals surface area contributed by atoms with E-state index in [1.807, 2.05) is 25.1 Å². The smallest absolute Gasteiger partial charge is 0.229 e. The van der Waals surface area contributed by atoms with E-state index in [0.29, 0.717) is 30.4 Å². The lowest BCUT2D eigenvalue weighted by Gasteiger charge is -2.31. The van der Waals surface area contributed by atoms with Gasteiger partial charge in [-0.2, -0.15) is 0 Å². The maximum absolute atomic E-state index is 14.2. The molecule has 1 fully saturated rings. The largest absolute Gasteiger partial charge is 0.497 e. The van der Waals surface area contributed by atoms with Crippen molar-refractivity contribution in [2.75, 3.05) is 20.2 Å². The Hall–Kier alpha value is -2.70. The summed E-state index contributed by atoms with van der Waals surface area (Å²) < 4.78 is 31.3. The Bertz CT molecular complexity index is 966. The van der Waals surface area contributed by atoms with Gasteiger partial charge in [-0.1, -0.05) is 30.3 Å². The molecule has 1 aliphatic rings. The topological polar surface area (TPSA) is 47.7 Å². The minimum atomic E-state index is -0.375. The van der Waals surface area contributed by atoms with Crippen LogP contribution in [0.3, 0.4) is 0 Å². The number of aryl methyl sites for hydroxylation is 1. The lowest BCUT2D eigenvalue weighted by atomic mass is 10.1. The van der Waals surface area contributed by atoms with E-state index >= 15 is 0 Å². The Balaban J connectivity index is 1.33. The number of hydrogen-bond donors (Lipinski definition) is 0. The second-order valence-corrected chi connectivity index (χ2v) is 7.64. The Labute approximate surface area is 176 Å². The van der Waals surface area contributed by atoms with Crippen molar-refractivity contribution >= 4 is 0 Å². The summed E-state index contributed by atoms with van der Waals surface area (Å²) in [5, 5.41) is 0. The SMILES string of the molecule is COc1ccc(F)c(-c2nc(CN3CCC(OCc4ccccc4)CC3)c(C)o2)c1. The molecule has 0 amide bonds. The van der Waals surface area contributed by atoms with Crippen molar-refractivity contribution in [1.29, 1.82) is 0 Å². The summed E-state index contributed by atoms with van der Waals surface area (Å²) in [4.78, 5) is 6.92. The van der Waals surface area contributed by atoms with Crippen molar-refractivity contribution in [3.63, 3.8) is 0 Å². The third-order valence-corrected chi connectivity index (χ3v) is 5.53.